The fourth-order valence-electron chi connectivity index (χ4n) is 2.89. The number of benzene rings is 1. The summed E-state index contributed by atoms with van der Waals surface area (Å²) in [7, 11) is 0. The Morgan fingerprint density at radius 2 is 1.82 bits per heavy atom. The third-order valence-corrected chi connectivity index (χ3v) is 4.65. The Balaban J connectivity index is 1.99. The summed E-state index contributed by atoms with van der Waals surface area (Å²) in [5.74, 6) is -0.118. The molecule has 0 bridgehead atoms. The number of carbonyl (C=O) groups excluding carboxylic acids is 2. The summed E-state index contributed by atoms with van der Waals surface area (Å²) in [6.07, 6.45) is 2.63. The number of amides is 2. The first-order valence-corrected chi connectivity index (χ1v) is 7.77. The molecule has 1 fully saturated rings. The van der Waals surface area contributed by atoms with Gasteiger partial charge in [0.25, 0.3) is 5.91 Å². The summed E-state index contributed by atoms with van der Waals surface area (Å²) in [5, 5.41) is 12.2. The quantitative estimate of drug-likeness (QED) is 0.896. The van der Waals surface area contributed by atoms with Gasteiger partial charge >= 0.3 is 0 Å². The van der Waals surface area contributed by atoms with Crippen molar-refractivity contribution in [2.24, 2.45) is 5.41 Å². The molecule has 2 amide bonds. The molecule has 0 saturated carbocycles. The molecular formula is C17H24N2O3. The molecule has 1 aromatic carbocycles. The van der Waals surface area contributed by atoms with Crippen molar-refractivity contribution in [1.29, 1.82) is 0 Å². The first-order chi connectivity index (χ1) is 10.5. The highest BCUT2D eigenvalue weighted by Crippen LogP contribution is 2.34. The van der Waals surface area contributed by atoms with Crippen molar-refractivity contribution in [1.82, 2.24) is 4.90 Å². The van der Waals surface area contributed by atoms with Crippen molar-refractivity contribution >= 4 is 17.5 Å². The molecule has 2 rings (SSSR count). The third-order valence-electron chi connectivity index (χ3n) is 4.65. The molecule has 0 radical (unpaired) electrons. The molecular weight excluding hydrogens is 280 g/mol. The van der Waals surface area contributed by atoms with Gasteiger partial charge in [0.05, 0.1) is 0 Å². The Bertz CT molecular complexity index is 525. The SMILES string of the molecule is CCC1(CO)CCN(C(=O)c2ccc(NC(C)=O)cc2)CC1. The van der Waals surface area contributed by atoms with E-state index in [-0.39, 0.29) is 23.8 Å². The fraction of sp³-hybridized carbons (Fsp3) is 0.529. The van der Waals surface area contributed by atoms with Crippen LogP contribution in [0, 0.1) is 5.41 Å². The number of likely N-dealkylation sites (tertiary alicyclic amines) is 1. The van der Waals surface area contributed by atoms with Gasteiger partial charge in [0.2, 0.25) is 5.91 Å². The Labute approximate surface area is 131 Å². The molecule has 5 nitrogen and oxygen atoms in total. The summed E-state index contributed by atoms with van der Waals surface area (Å²) in [5.41, 5.74) is 1.29. The van der Waals surface area contributed by atoms with Gasteiger partial charge in [-0.1, -0.05) is 6.92 Å². The number of anilines is 1. The van der Waals surface area contributed by atoms with E-state index < -0.39 is 0 Å². The van der Waals surface area contributed by atoms with Gasteiger partial charge in [0, 0.05) is 37.9 Å². The van der Waals surface area contributed by atoms with Gasteiger partial charge < -0.3 is 15.3 Å². The summed E-state index contributed by atoms with van der Waals surface area (Å²) in [6.45, 7) is 5.10. The molecule has 120 valence electrons. The third kappa shape index (κ3) is 3.65. The molecule has 0 unspecified atom stereocenters. The molecule has 0 spiro atoms. The zero-order valence-electron chi connectivity index (χ0n) is 13.3. The number of rotatable bonds is 4. The lowest BCUT2D eigenvalue weighted by Gasteiger charge is -2.40. The maximum atomic E-state index is 12.5. The zero-order chi connectivity index (χ0) is 16.2. The van der Waals surface area contributed by atoms with E-state index in [0.717, 1.165) is 19.3 Å². The van der Waals surface area contributed by atoms with Crippen molar-refractivity contribution in [2.75, 3.05) is 25.0 Å². The Morgan fingerprint density at radius 3 is 2.27 bits per heavy atom. The van der Waals surface area contributed by atoms with Crippen LogP contribution in [0.25, 0.3) is 0 Å². The largest absolute Gasteiger partial charge is 0.396 e. The van der Waals surface area contributed by atoms with Gasteiger partial charge in [-0.05, 0) is 48.9 Å². The van der Waals surface area contributed by atoms with E-state index in [0.29, 0.717) is 24.3 Å². The van der Waals surface area contributed by atoms with Crippen LogP contribution in [0.4, 0.5) is 5.69 Å². The van der Waals surface area contributed by atoms with Crippen LogP contribution in [0.3, 0.4) is 0 Å². The van der Waals surface area contributed by atoms with Crippen LogP contribution in [0.2, 0.25) is 0 Å². The molecule has 22 heavy (non-hydrogen) atoms. The van der Waals surface area contributed by atoms with Crippen LogP contribution < -0.4 is 5.32 Å². The van der Waals surface area contributed by atoms with Crippen molar-refractivity contribution in [3.8, 4) is 0 Å². The van der Waals surface area contributed by atoms with Gasteiger partial charge in [-0.2, -0.15) is 0 Å². The molecule has 5 heteroatoms. The minimum Gasteiger partial charge on any atom is -0.396 e. The molecule has 1 aromatic rings. The standard InChI is InChI=1S/C17H24N2O3/c1-3-17(12-20)8-10-19(11-9-17)16(22)14-4-6-15(7-5-14)18-13(2)21/h4-7,20H,3,8-12H2,1-2H3,(H,18,21). The smallest absolute Gasteiger partial charge is 0.253 e. The highest BCUT2D eigenvalue weighted by atomic mass is 16.3. The number of carbonyl (C=O) groups is 2. The minimum atomic E-state index is -0.130. The second kappa shape index (κ2) is 6.92. The number of hydrogen-bond acceptors (Lipinski definition) is 3. The van der Waals surface area contributed by atoms with E-state index in [4.69, 9.17) is 0 Å². The van der Waals surface area contributed by atoms with Crippen LogP contribution in [-0.2, 0) is 4.79 Å². The number of aliphatic hydroxyl groups excluding tert-OH is 1. The zero-order valence-corrected chi connectivity index (χ0v) is 13.3. The molecule has 1 heterocycles. The number of nitrogens with one attached hydrogen (secondary N) is 1. The Hall–Kier alpha value is -1.88. The van der Waals surface area contributed by atoms with Crippen molar-refractivity contribution in [3.05, 3.63) is 29.8 Å². The second-order valence-corrected chi connectivity index (χ2v) is 6.06. The molecule has 1 aliphatic heterocycles. The van der Waals surface area contributed by atoms with E-state index in [9.17, 15) is 14.7 Å². The van der Waals surface area contributed by atoms with Gasteiger partial charge in [-0.25, -0.2) is 0 Å². The topological polar surface area (TPSA) is 69.6 Å². The van der Waals surface area contributed by atoms with Crippen molar-refractivity contribution in [2.45, 2.75) is 33.1 Å². The summed E-state index contributed by atoms with van der Waals surface area (Å²) < 4.78 is 0. The maximum absolute atomic E-state index is 12.5. The average Bonchev–Trinajstić information content (AvgIpc) is 2.54. The van der Waals surface area contributed by atoms with Crippen LogP contribution in [-0.4, -0.2) is 41.5 Å². The Kier molecular flexibility index (Phi) is 5.19. The Morgan fingerprint density at radius 1 is 1.23 bits per heavy atom. The fourth-order valence-corrected chi connectivity index (χ4v) is 2.89. The maximum Gasteiger partial charge on any atom is 0.253 e. The summed E-state index contributed by atoms with van der Waals surface area (Å²) in [4.78, 5) is 25.3. The van der Waals surface area contributed by atoms with Crippen LogP contribution in [0.15, 0.2) is 24.3 Å². The molecule has 0 atom stereocenters. The van der Waals surface area contributed by atoms with E-state index in [1.165, 1.54) is 6.92 Å². The van der Waals surface area contributed by atoms with E-state index >= 15 is 0 Å². The van der Waals surface area contributed by atoms with Gasteiger partial charge in [-0.3, -0.25) is 9.59 Å². The van der Waals surface area contributed by atoms with Crippen LogP contribution in [0.1, 0.15) is 43.5 Å². The molecule has 1 saturated heterocycles. The number of hydrogen-bond donors (Lipinski definition) is 2. The van der Waals surface area contributed by atoms with Gasteiger partial charge in [-0.15, -0.1) is 0 Å². The molecule has 1 aliphatic rings. The number of aliphatic hydroxyl groups is 1. The summed E-state index contributed by atoms with van der Waals surface area (Å²) >= 11 is 0. The highest BCUT2D eigenvalue weighted by Gasteiger charge is 2.34. The number of piperidine rings is 1. The predicted octanol–water partition coefficient (Wildman–Crippen LogP) is 2.27. The first-order valence-electron chi connectivity index (χ1n) is 7.77. The van der Waals surface area contributed by atoms with Crippen molar-refractivity contribution < 1.29 is 14.7 Å². The van der Waals surface area contributed by atoms with Crippen LogP contribution in [0.5, 0.6) is 0 Å². The lowest BCUT2D eigenvalue weighted by Crippen LogP contribution is -2.44. The lowest BCUT2D eigenvalue weighted by atomic mass is 9.77. The minimum absolute atomic E-state index is 0.0111. The summed E-state index contributed by atoms with van der Waals surface area (Å²) in [6, 6.07) is 6.95. The first kappa shape index (κ1) is 16.5. The van der Waals surface area contributed by atoms with Crippen LogP contribution >= 0.6 is 0 Å². The molecule has 2 N–H and O–H groups in total. The predicted molar refractivity (Wildman–Crippen MR) is 85.7 cm³/mol. The lowest BCUT2D eigenvalue weighted by molar-refractivity contribution is -0.114. The molecule has 0 aliphatic carbocycles. The van der Waals surface area contributed by atoms with Gasteiger partial charge in [0.1, 0.15) is 0 Å². The van der Waals surface area contributed by atoms with E-state index in [2.05, 4.69) is 12.2 Å². The highest BCUT2D eigenvalue weighted by molar-refractivity contribution is 5.95. The monoisotopic (exact) mass is 304 g/mol. The van der Waals surface area contributed by atoms with E-state index in [1.807, 2.05) is 4.90 Å². The van der Waals surface area contributed by atoms with E-state index in [1.54, 1.807) is 24.3 Å². The molecule has 0 aromatic heterocycles. The average molecular weight is 304 g/mol. The van der Waals surface area contributed by atoms with Crippen molar-refractivity contribution in [3.63, 3.8) is 0 Å². The number of nitrogens with zero attached hydrogens (tertiary/aromatic N) is 1. The normalized spacial score (nSPS) is 17.1. The van der Waals surface area contributed by atoms with Gasteiger partial charge in [0.15, 0.2) is 0 Å². The second-order valence-electron chi connectivity index (χ2n) is 6.06.